The summed E-state index contributed by atoms with van der Waals surface area (Å²) in [6, 6.07) is 0. The fourth-order valence-corrected chi connectivity index (χ4v) is 2.42. The maximum Gasteiger partial charge on any atom is 0.392 e. The molecule has 0 saturated heterocycles. The molecule has 0 amide bonds. The van der Waals surface area contributed by atoms with Crippen molar-refractivity contribution in [2.75, 3.05) is 11.9 Å². The molecule has 0 atom stereocenters. The number of aryl methyl sites for hydroxylation is 1. The Hall–Kier alpha value is -1.96. The van der Waals surface area contributed by atoms with E-state index in [9.17, 15) is 10.1 Å². The van der Waals surface area contributed by atoms with E-state index in [4.69, 9.17) is 0 Å². The van der Waals surface area contributed by atoms with Crippen LogP contribution in [0.2, 0.25) is 0 Å². The van der Waals surface area contributed by atoms with E-state index < -0.39 is 4.92 Å². The Labute approximate surface area is 108 Å². The summed E-state index contributed by atoms with van der Waals surface area (Å²) >= 11 is 1.52. The molecule has 0 aliphatic rings. The fraction of sp³-hybridized carbons (Fsp3) is 0.400. The van der Waals surface area contributed by atoms with E-state index in [1.807, 2.05) is 6.92 Å². The van der Waals surface area contributed by atoms with Crippen LogP contribution in [-0.2, 0) is 6.54 Å². The number of hydrogen-bond acceptors (Lipinski definition) is 6. The van der Waals surface area contributed by atoms with E-state index in [1.165, 1.54) is 11.3 Å². The number of nitrogens with zero attached hydrogens (tertiary/aromatic N) is 4. The highest BCUT2D eigenvalue weighted by atomic mass is 32.1. The topological polar surface area (TPSA) is 85.9 Å². The molecule has 0 bridgehead atoms. The summed E-state index contributed by atoms with van der Waals surface area (Å²) in [7, 11) is 0. The summed E-state index contributed by atoms with van der Waals surface area (Å²) in [5.74, 6) is -0.0913. The van der Waals surface area contributed by atoms with Crippen molar-refractivity contribution in [3.05, 3.63) is 32.9 Å². The van der Waals surface area contributed by atoms with Crippen molar-refractivity contribution in [3.63, 3.8) is 0 Å². The maximum atomic E-state index is 10.7. The molecule has 0 spiro atoms. The van der Waals surface area contributed by atoms with Crippen molar-refractivity contribution >= 4 is 22.3 Å². The number of hydrogen-bond donors (Lipinski definition) is 1. The van der Waals surface area contributed by atoms with Crippen LogP contribution in [0.15, 0.2) is 12.4 Å². The van der Waals surface area contributed by atoms with Crippen LogP contribution in [0.3, 0.4) is 0 Å². The Morgan fingerprint density at radius 2 is 2.39 bits per heavy atom. The quantitative estimate of drug-likeness (QED) is 0.661. The van der Waals surface area contributed by atoms with Crippen LogP contribution in [0.5, 0.6) is 0 Å². The second-order valence-corrected chi connectivity index (χ2v) is 4.87. The normalized spacial score (nSPS) is 10.6. The zero-order valence-electron chi connectivity index (χ0n) is 10.1. The maximum absolute atomic E-state index is 10.7. The number of rotatable bonds is 5. The van der Waals surface area contributed by atoms with Crippen molar-refractivity contribution < 1.29 is 4.92 Å². The minimum atomic E-state index is -0.470. The highest BCUT2D eigenvalue weighted by molar-refractivity contribution is 7.15. The average molecular weight is 267 g/mol. The molecule has 2 rings (SSSR count). The number of aromatic nitrogens is 3. The molecule has 8 heteroatoms. The lowest BCUT2D eigenvalue weighted by atomic mass is 10.4. The molecule has 18 heavy (non-hydrogen) atoms. The van der Waals surface area contributed by atoms with Crippen LogP contribution in [0.25, 0.3) is 0 Å². The molecule has 1 N–H and O–H groups in total. The Kier molecular flexibility index (Phi) is 3.56. The molecule has 0 saturated carbocycles. The lowest BCUT2D eigenvalue weighted by Crippen LogP contribution is -1.99. The zero-order valence-corrected chi connectivity index (χ0v) is 10.9. The smallest absolute Gasteiger partial charge is 0.362 e. The average Bonchev–Trinajstić information content (AvgIpc) is 2.87. The number of anilines is 1. The first-order chi connectivity index (χ1) is 8.60. The second-order valence-electron chi connectivity index (χ2n) is 3.75. The molecular formula is C10H13N5O2S. The van der Waals surface area contributed by atoms with E-state index in [1.54, 1.807) is 24.0 Å². The number of nitro groups is 1. The Morgan fingerprint density at radius 3 is 3.00 bits per heavy atom. The molecule has 96 valence electrons. The third-order valence-corrected chi connectivity index (χ3v) is 3.23. The molecule has 2 aromatic rings. The van der Waals surface area contributed by atoms with Crippen LogP contribution in [0.4, 0.5) is 10.9 Å². The molecular weight excluding hydrogens is 254 g/mol. The van der Waals surface area contributed by atoms with Crippen molar-refractivity contribution in [2.45, 2.75) is 20.4 Å². The van der Waals surface area contributed by atoms with Gasteiger partial charge in [-0.2, -0.15) is 4.68 Å². The lowest BCUT2D eigenvalue weighted by molar-refractivity contribution is -0.390. The van der Waals surface area contributed by atoms with E-state index in [-0.39, 0.29) is 5.82 Å². The molecule has 0 unspecified atom stereocenters. The van der Waals surface area contributed by atoms with Crippen molar-refractivity contribution in [1.29, 1.82) is 0 Å². The first kappa shape index (κ1) is 12.5. The van der Waals surface area contributed by atoms with Gasteiger partial charge < -0.3 is 15.4 Å². The molecule has 0 radical (unpaired) electrons. The van der Waals surface area contributed by atoms with Gasteiger partial charge in [-0.3, -0.25) is 0 Å². The molecule has 0 aliphatic heterocycles. The number of nitrogens with one attached hydrogen (secondary N) is 1. The van der Waals surface area contributed by atoms with E-state index in [2.05, 4.69) is 15.4 Å². The van der Waals surface area contributed by atoms with Gasteiger partial charge in [0, 0.05) is 12.7 Å². The highest BCUT2D eigenvalue weighted by Crippen LogP contribution is 2.20. The van der Waals surface area contributed by atoms with Crippen molar-refractivity contribution in [2.24, 2.45) is 0 Å². The van der Waals surface area contributed by atoms with Gasteiger partial charge in [-0.05, 0) is 18.8 Å². The summed E-state index contributed by atoms with van der Waals surface area (Å²) in [6.45, 7) is 5.00. The molecule has 2 heterocycles. The minimum Gasteiger partial charge on any atom is -0.362 e. The summed E-state index contributed by atoms with van der Waals surface area (Å²) < 4.78 is 1.57. The first-order valence-corrected chi connectivity index (χ1v) is 6.28. The fourth-order valence-electron chi connectivity index (χ4n) is 1.55. The second kappa shape index (κ2) is 5.13. The lowest BCUT2D eigenvalue weighted by Gasteiger charge is -1.94. The Morgan fingerprint density at radius 1 is 1.61 bits per heavy atom. The Balaban J connectivity index is 2.13. The van der Waals surface area contributed by atoms with Gasteiger partial charge in [-0.15, -0.1) is 11.3 Å². The molecule has 0 aliphatic carbocycles. The summed E-state index contributed by atoms with van der Waals surface area (Å²) in [6.07, 6.45) is 3.43. The predicted octanol–water partition coefficient (Wildman–Crippen LogP) is 2.04. The van der Waals surface area contributed by atoms with Gasteiger partial charge in [0.15, 0.2) is 5.13 Å². The summed E-state index contributed by atoms with van der Waals surface area (Å²) in [4.78, 5) is 15.4. The van der Waals surface area contributed by atoms with Gasteiger partial charge >= 0.3 is 5.82 Å². The van der Waals surface area contributed by atoms with Crippen LogP contribution >= 0.6 is 11.3 Å². The molecule has 2 aromatic heterocycles. The third kappa shape index (κ3) is 2.65. The van der Waals surface area contributed by atoms with E-state index in [0.717, 1.165) is 16.6 Å². The Bertz CT molecular complexity index is 562. The van der Waals surface area contributed by atoms with Gasteiger partial charge in [-0.1, -0.05) is 0 Å². The third-order valence-electron chi connectivity index (χ3n) is 2.29. The van der Waals surface area contributed by atoms with E-state index in [0.29, 0.717) is 12.1 Å². The van der Waals surface area contributed by atoms with Gasteiger partial charge in [0.25, 0.3) is 0 Å². The van der Waals surface area contributed by atoms with Crippen LogP contribution < -0.4 is 5.32 Å². The monoisotopic (exact) mass is 267 g/mol. The predicted molar refractivity (Wildman–Crippen MR) is 69.0 cm³/mol. The van der Waals surface area contributed by atoms with Crippen molar-refractivity contribution in [3.8, 4) is 0 Å². The zero-order chi connectivity index (χ0) is 13.1. The first-order valence-electron chi connectivity index (χ1n) is 5.47. The largest absolute Gasteiger partial charge is 0.392 e. The van der Waals surface area contributed by atoms with Crippen LogP contribution in [-0.4, -0.2) is 26.2 Å². The van der Waals surface area contributed by atoms with Gasteiger partial charge in [0.1, 0.15) is 0 Å². The SMILES string of the molecule is CCNc1ncc(Cn2cc(C)c([N+](=O)[O-])n2)s1. The molecule has 7 nitrogen and oxygen atoms in total. The standard InChI is InChI=1S/C10H13N5O2S/c1-3-11-10-12-4-8(18-10)6-14-5-7(2)9(13-14)15(16)17/h4-5H,3,6H2,1-2H3,(H,11,12). The summed E-state index contributed by atoms with van der Waals surface area (Å²) in [5, 5.41) is 18.6. The van der Waals surface area contributed by atoms with Gasteiger partial charge in [0.05, 0.1) is 28.3 Å². The van der Waals surface area contributed by atoms with Gasteiger partial charge in [-0.25, -0.2) is 4.98 Å². The van der Waals surface area contributed by atoms with Crippen LogP contribution in [0.1, 0.15) is 17.4 Å². The number of thiazole rings is 1. The highest BCUT2D eigenvalue weighted by Gasteiger charge is 2.17. The van der Waals surface area contributed by atoms with E-state index >= 15 is 0 Å². The molecule has 0 fully saturated rings. The minimum absolute atomic E-state index is 0.0913. The molecule has 0 aromatic carbocycles. The van der Waals surface area contributed by atoms with Gasteiger partial charge in [0.2, 0.25) is 0 Å². The van der Waals surface area contributed by atoms with Crippen LogP contribution in [0, 0.1) is 17.0 Å². The van der Waals surface area contributed by atoms with Crippen molar-refractivity contribution in [1.82, 2.24) is 14.8 Å². The summed E-state index contributed by atoms with van der Waals surface area (Å²) in [5.41, 5.74) is 0.566.